The molecule has 154 valence electrons. The van der Waals surface area contributed by atoms with Gasteiger partial charge in [-0.05, 0) is 51.2 Å². The molecule has 29 heavy (non-hydrogen) atoms. The van der Waals surface area contributed by atoms with Gasteiger partial charge >= 0.3 is 0 Å². The van der Waals surface area contributed by atoms with Crippen molar-refractivity contribution < 1.29 is 4.74 Å². The summed E-state index contributed by atoms with van der Waals surface area (Å²) >= 11 is 1.62. The van der Waals surface area contributed by atoms with Gasteiger partial charge in [0.1, 0.15) is 11.6 Å². The lowest BCUT2D eigenvalue weighted by Gasteiger charge is -2.31. The van der Waals surface area contributed by atoms with E-state index in [1.54, 1.807) is 18.9 Å². The summed E-state index contributed by atoms with van der Waals surface area (Å²) in [7, 11) is 3.68. The molecule has 3 aromatic rings. The van der Waals surface area contributed by atoms with Gasteiger partial charge < -0.3 is 4.74 Å². The Morgan fingerprint density at radius 1 is 1.21 bits per heavy atom. The van der Waals surface area contributed by atoms with Crippen LogP contribution in [0.3, 0.4) is 0 Å². The van der Waals surface area contributed by atoms with Crippen LogP contribution in [0, 0.1) is 6.92 Å². The number of thioether (sulfide) groups is 1. The minimum Gasteiger partial charge on any atom is -0.497 e. The number of nitrogens with zero attached hydrogens (tertiary/aromatic N) is 6. The SMILES string of the molecule is COc1cccc(-n2c(SC)nnc2C2CCN(Cc3cn(C)nc3C)CC2)c1. The van der Waals surface area contributed by atoms with E-state index in [1.807, 2.05) is 36.2 Å². The molecule has 3 heterocycles. The van der Waals surface area contributed by atoms with Crippen molar-refractivity contribution in [3.05, 3.63) is 47.5 Å². The number of hydrogen-bond acceptors (Lipinski definition) is 6. The highest BCUT2D eigenvalue weighted by Gasteiger charge is 2.27. The summed E-state index contributed by atoms with van der Waals surface area (Å²) < 4.78 is 9.51. The Bertz CT molecular complexity index is 973. The second-order valence-corrected chi connectivity index (χ2v) is 8.32. The van der Waals surface area contributed by atoms with Gasteiger partial charge in [0.25, 0.3) is 0 Å². The molecule has 0 spiro atoms. The molecule has 0 atom stereocenters. The van der Waals surface area contributed by atoms with Crippen LogP contribution in [0.5, 0.6) is 5.75 Å². The lowest BCUT2D eigenvalue weighted by molar-refractivity contribution is 0.200. The average molecular weight is 413 g/mol. The first-order chi connectivity index (χ1) is 14.1. The predicted octanol–water partition coefficient (Wildman–Crippen LogP) is 3.42. The maximum absolute atomic E-state index is 5.42. The maximum Gasteiger partial charge on any atom is 0.195 e. The first-order valence-corrected chi connectivity index (χ1v) is 11.2. The lowest BCUT2D eigenvalue weighted by atomic mass is 9.95. The molecule has 7 nitrogen and oxygen atoms in total. The van der Waals surface area contributed by atoms with Crippen molar-refractivity contribution in [2.45, 2.75) is 37.4 Å². The Hall–Kier alpha value is -2.32. The van der Waals surface area contributed by atoms with Gasteiger partial charge in [-0.3, -0.25) is 14.1 Å². The van der Waals surface area contributed by atoms with E-state index in [9.17, 15) is 0 Å². The highest BCUT2D eigenvalue weighted by molar-refractivity contribution is 7.98. The number of aromatic nitrogens is 5. The standard InChI is InChI=1S/C21H28N6OS/c1-15-17(13-25(2)24-15)14-26-10-8-16(9-11-26)20-22-23-21(29-4)27(20)18-6-5-7-19(12-18)28-3/h5-7,12-13,16H,8-11,14H2,1-4H3. The summed E-state index contributed by atoms with van der Waals surface area (Å²) in [6.07, 6.45) is 6.33. The van der Waals surface area contributed by atoms with Gasteiger partial charge in [-0.2, -0.15) is 5.10 Å². The largest absolute Gasteiger partial charge is 0.497 e. The zero-order valence-electron chi connectivity index (χ0n) is 17.5. The summed E-state index contributed by atoms with van der Waals surface area (Å²) in [5.74, 6) is 2.30. The number of benzene rings is 1. The molecule has 0 amide bonds. The number of methoxy groups -OCH3 is 1. The van der Waals surface area contributed by atoms with E-state index in [2.05, 4.69) is 44.0 Å². The van der Waals surface area contributed by atoms with Crippen LogP contribution in [0.25, 0.3) is 5.69 Å². The maximum atomic E-state index is 5.42. The van der Waals surface area contributed by atoms with Crippen LogP contribution in [0.2, 0.25) is 0 Å². The summed E-state index contributed by atoms with van der Waals surface area (Å²) in [5, 5.41) is 14.4. The summed E-state index contributed by atoms with van der Waals surface area (Å²) in [6.45, 7) is 5.16. The van der Waals surface area contributed by atoms with Gasteiger partial charge in [0.15, 0.2) is 5.16 Å². The van der Waals surface area contributed by atoms with Crippen molar-refractivity contribution >= 4 is 11.8 Å². The van der Waals surface area contributed by atoms with Crippen molar-refractivity contribution in [1.29, 1.82) is 0 Å². The molecule has 0 bridgehead atoms. The molecule has 1 aliphatic rings. The molecule has 1 saturated heterocycles. The molecule has 0 aliphatic carbocycles. The van der Waals surface area contributed by atoms with E-state index in [4.69, 9.17) is 4.74 Å². The van der Waals surface area contributed by atoms with Crippen LogP contribution in [-0.2, 0) is 13.6 Å². The average Bonchev–Trinajstić information content (AvgIpc) is 3.31. The number of aryl methyl sites for hydroxylation is 2. The second-order valence-electron chi connectivity index (χ2n) is 7.55. The molecule has 0 radical (unpaired) electrons. The van der Waals surface area contributed by atoms with Crippen molar-refractivity contribution in [3.63, 3.8) is 0 Å². The quantitative estimate of drug-likeness (QED) is 0.578. The predicted molar refractivity (Wildman–Crippen MR) is 115 cm³/mol. The molecule has 1 fully saturated rings. The minimum atomic E-state index is 0.404. The van der Waals surface area contributed by atoms with Crippen molar-refractivity contribution in [2.75, 3.05) is 26.5 Å². The fraction of sp³-hybridized carbons (Fsp3) is 0.476. The van der Waals surface area contributed by atoms with E-state index in [0.717, 1.165) is 60.6 Å². The Labute approximate surface area is 176 Å². The van der Waals surface area contributed by atoms with Crippen LogP contribution < -0.4 is 4.74 Å². The molecule has 0 unspecified atom stereocenters. The highest BCUT2D eigenvalue weighted by atomic mass is 32.2. The lowest BCUT2D eigenvalue weighted by Crippen LogP contribution is -2.33. The Kier molecular flexibility index (Phi) is 5.91. The third kappa shape index (κ3) is 4.18. The number of ether oxygens (including phenoxy) is 1. The third-order valence-corrected chi connectivity index (χ3v) is 6.24. The fourth-order valence-corrected chi connectivity index (χ4v) is 4.57. The van der Waals surface area contributed by atoms with Gasteiger partial charge in [-0.1, -0.05) is 17.8 Å². The monoisotopic (exact) mass is 412 g/mol. The Morgan fingerprint density at radius 2 is 2.00 bits per heavy atom. The summed E-state index contributed by atoms with van der Waals surface area (Å²) in [5.41, 5.74) is 3.49. The van der Waals surface area contributed by atoms with Crippen molar-refractivity contribution in [2.24, 2.45) is 7.05 Å². The first kappa shape index (κ1) is 20.0. The number of hydrogen-bond donors (Lipinski definition) is 0. The van der Waals surface area contributed by atoms with Crippen LogP contribution in [0.15, 0.2) is 35.6 Å². The van der Waals surface area contributed by atoms with Crippen LogP contribution in [-0.4, -0.2) is 55.9 Å². The zero-order chi connectivity index (χ0) is 20.4. The number of rotatable bonds is 6. The van der Waals surface area contributed by atoms with Crippen molar-refractivity contribution in [1.82, 2.24) is 29.4 Å². The zero-order valence-corrected chi connectivity index (χ0v) is 18.3. The molecule has 8 heteroatoms. The third-order valence-electron chi connectivity index (χ3n) is 5.61. The molecule has 4 rings (SSSR count). The highest BCUT2D eigenvalue weighted by Crippen LogP contribution is 2.32. The van der Waals surface area contributed by atoms with Gasteiger partial charge in [-0.15, -0.1) is 10.2 Å². The molecule has 0 N–H and O–H groups in total. The van der Waals surface area contributed by atoms with Crippen LogP contribution in [0.1, 0.15) is 35.8 Å². The van der Waals surface area contributed by atoms with E-state index in [1.165, 1.54) is 5.56 Å². The van der Waals surface area contributed by atoms with Gasteiger partial charge in [0, 0.05) is 37.3 Å². The van der Waals surface area contributed by atoms with E-state index >= 15 is 0 Å². The Morgan fingerprint density at radius 3 is 2.66 bits per heavy atom. The first-order valence-electron chi connectivity index (χ1n) is 9.94. The van der Waals surface area contributed by atoms with E-state index in [0.29, 0.717) is 5.92 Å². The van der Waals surface area contributed by atoms with Crippen molar-refractivity contribution in [3.8, 4) is 11.4 Å². The fourth-order valence-electron chi connectivity index (χ4n) is 4.06. The summed E-state index contributed by atoms with van der Waals surface area (Å²) in [6, 6.07) is 8.12. The molecule has 0 saturated carbocycles. The van der Waals surface area contributed by atoms with Gasteiger partial charge in [-0.25, -0.2) is 0 Å². The molecular formula is C21H28N6OS. The van der Waals surface area contributed by atoms with E-state index in [-0.39, 0.29) is 0 Å². The van der Waals surface area contributed by atoms with Crippen LogP contribution in [0.4, 0.5) is 0 Å². The molecular weight excluding hydrogens is 384 g/mol. The molecule has 2 aromatic heterocycles. The normalized spacial score (nSPS) is 15.7. The Balaban J connectivity index is 1.51. The summed E-state index contributed by atoms with van der Waals surface area (Å²) in [4.78, 5) is 2.52. The number of likely N-dealkylation sites (tertiary alicyclic amines) is 1. The topological polar surface area (TPSA) is 61.0 Å². The van der Waals surface area contributed by atoms with Crippen LogP contribution >= 0.6 is 11.8 Å². The molecule has 1 aliphatic heterocycles. The van der Waals surface area contributed by atoms with E-state index < -0.39 is 0 Å². The number of piperidine rings is 1. The van der Waals surface area contributed by atoms with Gasteiger partial charge in [0.2, 0.25) is 0 Å². The molecule has 1 aromatic carbocycles. The smallest absolute Gasteiger partial charge is 0.195 e. The second kappa shape index (κ2) is 8.59. The minimum absolute atomic E-state index is 0.404. The van der Waals surface area contributed by atoms with Gasteiger partial charge in [0.05, 0.1) is 18.5 Å².